The molecule has 2 aliphatic heterocycles. The quantitative estimate of drug-likeness (QED) is 0.634. The molecule has 1 amide bonds. The van der Waals surface area contributed by atoms with Gasteiger partial charge in [0, 0.05) is 36.8 Å². The molecule has 0 aliphatic carbocycles. The standard InChI is InChI=1S/C25H24N2O5S/c28-25(27-13-12-18-4-1-2-5-20(18)17-27)19-6-8-21(9-7-19)26-33(29,30)22-10-11-23-24(16-22)32-15-3-14-31-23/h1-2,4-11,16,26H,3,12-15,17H2. The van der Waals surface area contributed by atoms with E-state index in [-0.39, 0.29) is 10.8 Å². The van der Waals surface area contributed by atoms with Crippen LogP contribution in [0.4, 0.5) is 5.69 Å². The van der Waals surface area contributed by atoms with Crippen LogP contribution >= 0.6 is 0 Å². The van der Waals surface area contributed by atoms with Crippen LogP contribution in [0.5, 0.6) is 11.5 Å². The number of nitrogens with one attached hydrogen (secondary N) is 1. The van der Waals surface area contributed by atoms with Gasteiger partial charge in [-0.1, -0.05) is 24.3 Å². The lowest BCUT2D eigenvalue weighted by atomic mass is 9.99. The largest absolute Gasteiger partial charge is 0.490 e. The highest BCUT2D eigenvalue weighted by Gasteiger charge is 2.22. The number of carbonyl (C=O) groups excluding carboxylic acids is 1. The molecule has 5 rings (SSSR count). The van der Waals surface area contributed by atoms with Gasteiger partial charge in [0.15, 0.2) is 11.5 Å². The van der Waals surface area contributed by atoms with Crippen LogP contribution in [0.1, 0.15) is 27.9 Å². The van der Waals surface area contributed by atoms with Crippen LogP contribution in [-0.4, -0.2) is 39.0 Å². The first-order valence-electron chi connectivity index (χ1n) is 10.9. The van der Waals surface area contributed by atoms with Crippen molar-refractivity contribution in [1.82, 2.24) is 4.90 Å². The molecule has 170 valence electrons. The molecule has 8 heteroatoms. The molecule has 2 heterocycles. The summed E-state index contributed by atoms with van der Waals surface area (Å²) in [7, 11) is -3.83. The van der Waals surface area contributed by atoms with Crippen LogP contribution in [0.3, 0.4) is 0 Å². The molecule has 0 fully saturated rings. The van der Waals surface area contributed by atoms with Crippen molar-refractivity contribution in [3.8, 4) is 11.5 Å². The number of anilines is 1. The smallest absolute Gasteiger partial charge is 0.262 e. The summed E-state index contributed by atoms with van der Waals surface area (Å²) >= 11 is 0. The van der Waals surface area contributed by atoms with Crippen molar-refractivity contribution in [3.63, 3.8) is 0 Å². The highest BCUT2D eigenvalue weighted by atomic mass is 32.2. The SMILES string of the molecule is O=C(c1ccc(NS(=O)(=O)c2ccc3c(c2)OCCCO3)cc1)N1CCc2ccccc2C1. The van der Waals surface area contributed by atoms with Crippen molar-refractivity contribution in [1.29, 1.82) is 0 Å². The Morgan fingerprint density at radius 1 is 0.879 bits per heavy atom. The Labute approximate surface area is 193 Å². The van der Waals surface area contributed by atoms with Gasteiger partial charge in [-0.2, -0.15) is 0 Å². The van der Waals surface area contributed by atoms with Gasteiger partial charge in [-0.3, -0.25) is 9.52 Å². The van der Waals surface area contributed by atoms with Crippen LogP contribution in [0, 0.1) is 0 Å². The first-order chi connectivity index (χ1) is 16.0. The summed E-state index contributed by atoms with van der Waals surface area (Å²) in [4.78, 5) is 14.9. The third kappa shape index (κ3) is 4.52. The van der Waals surface area contributed by atoms with E-state index in [2.05, 4.69) is 10.8 Å². The number of fused-ring (bicyclic) bond motifs is 2. The molecule has 33 heavy (non-hydrogen) atoms. The van der Waals surface area contributed by atoms with Crippen molar-refractivity contribution in [3.05, 3.63) is 83.4 Å². The van der Waals surface area contributed by atoms with Gasteiger partial charge >= 0.3 is 0 Å². The summed E-state index contributed by atoms with van der Waals surface area (Å²) in [6.45, 7) is 2.25. The van der Waals surface area contributed by atoms with Crippen LogP contribution in [0.15, 0.2) is 71.6 Å². The van der Waals surface area contributed by atoms with E-state index in [1.54, 1.807) is 30.3 Å². The van der Waals surface area contributed by atoms with Gasteiger partial charge in [-0.15, -0.1) is 0 Å². The fraction of sp³-hybridized carbons (Fsp3) is 0.240. The minimum Gasteiger partial charge on any atom is -0.490 e. The van der Waals surface area contributed by atoms with E-state index in [1.165, 1.54) is 17.7 Å². The molecule has 0 bridgehead atoms. The minimum atomic E-state index is -3.83. The average Bonchev–Trinajstić information content (AvgIpc) is 3.08. The second-order valence-electron chi connectivity index (χ2n) is 8.09. The molecular weight excluding hydrogens is 440 g/mol. The van der Waals surface area contributed by atoms with E-state index in [4.69, 9.17) is 9.47 Å². The van der Waals surface area contributed by atoms with Crippen molar-refractivity contribution < 1.29 is 22.7 Å². The zero-order valence-corrected chi connectivity index (χ0v) is 18.8. The number of hydrogen-bond donors (Lipinski definition) is 1. The molecule has 0 saturated heterocycles. The molecular formula is C25H24N2O5S. The first kappa shape index (κ1) is 21.3. The van der Waals surface area contributed by atoms with Gasteiger partial charge in [-0.05, 0) is 53.9 Å². The Bertz CT molecular complexity index is 1290. The first-order valence-corrected chi connectivity index (χ1v) is 12.4. The van der Waals surface area contributed by atoms with Gasteiger partial charge in [0.2, 0.25) is 0 Å². The molecule has 7 nitrogen and oxygen atoms in total. The summed E-state index contributed by atoms with van der Waals surface area (Å²) in [6, 6.07) is 19.2. The van der Waals surface area contributed by atoms with Gasteiger partial charge in [0.1, 0.15) is 0 Å². The van der Waals surface area contributed by atoms with E-state index in [0.717, 1.165) is 18.4 Å². The maximum atomic E-state index is 13.0. The molecule has 0 radical (unpaired) electrons. The summed E-state index contributed by atoms with van der Waals surface area (Å²) < 4.78 is 39.5. The zero-order valence-electron chi connectivity index (χ0n) is 18.0. The molecule has 2 aliphatic rings. The average molecular weight is 465 g/mol. The molecule has 0 spiro atoms. The number of benzene rings is 3. The summed E-state index contributed by atoms with van der Waals surface area (Å²) in [5.41, 5.74) is 3.34. The number of sulfonamides is 1. The number of ether oxygens (including phenoxy) is 2. The molecule has 3 aromatic carbocycles. The number of hydrogen-bond acceptors (Lipinski definition) is 5. The maximum absolute atomic E-state index is 13.0. The zero-order chi connectivity index (χ0) is 22.8. The van der Waals surface area contributed by atoms with E-state index in [0.29, 0.717) is 49.1 Å². The normalized spacial score (nSPS) is 15.3. The van der Waals surface area contributed by atoms with Gasteiger partial charge < -0.3 is 14.4 Å². The monoisotopic (exact) mass is 464 g/mol. The van der Waals surface area contributed by atoms with Crippen molar-refractivity contribution in [2.45, 2.75) is 24.3 Å². The molecule has 0 saturated carbocycles. The number of rotatable bonds is 4. The van der Waals surface area contributed by atoms with Crippen molar-refractivity contribution in [2.24, 2.45) is 0 Å². The Kier molecular flexibility index (Phi) is 5.68. The Morgan fingerprint density at radius 2 is 1.61 bits per heavy atom. The van der Waals surface area contributed by atoms with E-state index >= 15 is 0 Å². The Balaban J connectivity index is 1.29. The van der Waals surface area contributed by atoms with Crippen molar-refractivity contribution >= 4 is 21.6 Å². The van der Waals surface area contributed by atoms with E-state index < -0.39 is 10.0 Å². The number of nitrogens with zero attached hydrogens (tertiary/aromatic N) is 1. The predicted molar refractivity (Wildman–Crippen MR) is 124 cm³/mol. The van der Waals surface area contributed by atoms with E-state index in [9.17, 15) is 13.2 Å². The molecule has 1 N–H and O–H groups in total. The topological polar surface area (TPSA) is 84.9 Å². The summed E-state index contributed by atoms with van der Waals surface area (Å²) in [5, 5.41) is 0. The third-order valence-corrected chi connectivity index (χ3v) is 7.21. The Morgan fingerprint density at radius 3 is 2.39 bits per heavy atom. The number of amides is 1. The maximum Gasteiger partial charge on any atom is 0.262 e. The fourth-order valence-electron chi connectivity index (χ4n) is 4.06. The molecule has 0 unspecified atom stereocenters. The molecule has 3 aromatic rings. The lowest BCUT2D eigenvalue weighted by Gasteiger charge is -2.29. The highest BCUT2D eigenvalue weighted by Crippen LogP contribution is 2.32. The lowest BCUT2D eigenvalue weighted by molar-refractivity contribution is 0.0734. The van der Waals surface area contributed by atoms with Crippen LogP contribution in [0.25, 0.3) is 0 Å². The van der Waals surface area contributed by atoms with Gasteiger partial charge in [-0.25, -0.2) is 8.42 Å². The van der Waals surface area contributed by atoms with E-state index in [1.807, 2.05) is 23.1 Å². The predicted octanol–water partition coefficient (Wildman–Crippen LogP) is 3.85. The van der Waals surface area contributed by atoms with Crippen LogP contribution < -0.4 is 14.2 Å². The van der Waals surface area contributed by atoms with Gasteiger partial charge in [0.05, 0.1) is 18.1 Å². The van der Waals surface area contributed by atoms with Crippen molar-refractivity contribution in [2.75, 3.05) is 24.5 Å². The summed E-state index contributed by atoms with van der Waals surface area (Å²) in [5.74, 6) is 0.885. The summed E-state index contributed by atoms with van der Waals surface area (Å²) in [6.07, 6.45) is 1.57. The second-order valence-corrected chi connectivity index (χ2v) is 9.77. The minimum absolute atomic E-state index is 0.0678. The van der Waals surface area contributed by atoms with Gasteiger partial charge in [0.25, 0.3) is 15.9 Å². The fourth-order valence-corrected chi connectivity index (χ4v) is 5.13. The van der Waals surface area contributed by atoms with Crippen LogP contribution in [0.2, 0.25) is 0 Å². The molecule has 0 aromatic heterocycles. The second kappa shape index (κ2) is 8.78. The van der Waals surface area contributed by atoms with Crippen LogP contribution in [-0.2, 0) is 23.0 Å². The third-order valence-electron chi connectivity index (χ3n) is 5.83. The Hall–Kier alpha value is -3.52. The highest BCUT2D eigenvalue weighted by molar-refractivity contribution is 7.92. The molecule has 0 atom stereocenters. The number of carbonyl (C=O) groups is 1. The lowest BCUT2D eigenvalue weighted by Crippen LogP contribution is -2.35.